The van der Waals surface area contributed by atoms with Crippen LogP contribution in [0.2, 0.25) is 0 Å². The maximum Gasteiger partial charge on any atom is 0.416 e. The Kier molecular flexibility index (Phi) is 5.42. The molecular formula is C24H23F3N2O4. The Bertz CT molecular complexity index is 1080. The number of nitrogens with zero attached hydrogens (tertiary/aromatic N) is 1. The van der Waals surface area contributed by atoms with E-state index in [1.165, 1.54) is 11.0 Å². The number of halogens is 3. The quantitative estimate of drug-likeness (QED) is 0.737. The average Bonchev–Trinajstić information content (AvgIpc) is 3.32. The van der Waals surface area contributed by atoms with Crippen molar-refractivity contribution in [3.63, 3.8) is 0 Å². The van der Waals surface area contributed by atoms with E-state index in [1.807, 2.05) is 0 Å². The number of likely N-dealkylation sites (tertiary alicyclic amines) is 1. The van der Waals surface area contributed by atoms with E-state index in [2.05, 4.69) is 5.32 Å². The maximum absolute atomic E-state index is 13.3. The molecule has 0 spiro atoms. The number of fused-ring (bicyclic) bond motifs is 1. The predicted molar refractivity (Wildman–Crippen MR) is 112 cm³/mol. The first-order chi connectivity index (χ1) is 15.8. The molecule has 5 rings (SSSR count). The lowest BCUT2D eigenvalue weighted by atomic mass is 9.87. The number of ether oxygens (including phenoxy) is 2. The first kappa shape index (κ1) is 21.6. The molecular weight excluding hydrogens is 437 g/mol. The van der Waals surface area contributed by atoms with Crippen LogP contribution in [0.5, 0.6) is 11.5 Å². The Morgan fingerprint density at radius 3 is 2.58 bits per heavy atom. The first-order valence-corrected chi connectivity index (χ1v) is 10.9. The minimum Gasteiger partial charge on any atom is -0.454 e. The van der Waals surface area contributed by atoms with Crippen molar-refractivity contribution < 1.29 is 32.2 Å². The summed E-state index contributed by atoms with van der Waals surface area (Å²) in [5.41, 5.74) is 0.0103. The van der Waals surface area contributed by atoms with Gasteiger partial charge in [0.15, 0.2) is 11.5 Å². The lowest BCUT2D eigenvalue weighted by Gasteiger charge is -2.19. The van der Waals surface area contributed by atoms with Gasteiger partial charge in [0.25, 0.3) is 5.91 Å². The second-order valence-electron chi connectivity index (χ2n) is 8.80. The predicted octanol–water partition coefficient (Wildman–Crippen LogP) is 3.82. The molecule has 6 nitrogen and oxygen atoms in total. The zero-order valence-corrected chi connectivity index (χ0v) is 17.7. The second-order valence-corrected chi connectivity index (χ2v) is 8.80. The number of alkyl halides is 3. The zero-order chi connectivity index (χ0) is 23.2. The van der Waals surface area contributed by atoms with Crippen molar-refractivity contribution >= 4 is 11.8 Å². The highest BCUT2D eigenvalue weighted by atomic mass is 19.4. The van der Waals surface area contributed by atoms with Gasteiger partial charge in [0.1, 0.15) is 0 Å². The number of amides is 2. The highest BCUT2D eigenvalue weighted by Gasteiger charge is 2.42. The summed E-state index contributed by atoms with van der Waals surface area (Å²) in [6, 6.07) is 9.89. The van der Waals surface area contributed by atoms with Crippen molar-refractivity contribution in [2.45, 2.75) is 24.9 Å². The maximum atomic E-state index is 13.3. The molecule has 1 saturated heterocycles. The smallest absolute Gasteiger partial charge is 0.416 e. The first-order valence-electron chi connectivity index (χ1n) is 10.9. The standard InChI is InChI=1S/C24H23F3N2O4/c25-24(26,27)17-3-1-2-15(8-17)18-11-29(12-19(18)22(30)28-10-14-4-5-14)23(31)16-6-7-20-21(9-16)33-13-32-20/h1-3,6-9,14,18-19H,4-5,10-13H2,(H,28,30)/t18-,19-/m0/s1. The number of hydrogen-bond donors (Lipinski definition) is 1. The van der Waals surface area contributed by atoms with Gasteiger partial charge in [-0.05, 0) is 48.6 Å². The molecule has 0 bridgehead atoms. The number of nitrogens with one attached hydrogen (secondary N) is 1. The van der Waals surface area contributed by atoms with Crippen molar-refractivity contribution in [3.05, 3.63) is 59.2 Å². The molecule has 2 heterocycles. The van der Waals surface area contributed by atoms with Crippen LogP contribution in [-0.4, -0.2) is 43.1 Å². The molecule has 2 aromatic carbocycles. The van der Waals surface area contributed by atoms with Gasteiger partial charge in [-0.15, -0.1) is 0 Å². The van der Waals surface area contributed by atoms with Crippen LogP contribution in [0.25, 0.3) is 0 Å². The molecule has 2 amide bonds. The van der Waals surface area contributed by atoms with Gasteiger partial charge in [-0.25, -0.2) is 0 Å². The van der Waals surface area contributed by atoms with Crippen molar-refractivity contribution in [2.24, 2.45) is 11.8 Å². The van der Waals surface area contributed by atoms with Gasteiger partial charge in [-0.2, -0.15) is 13.2 Å². The van der Waals surface area contributed by atoms with E-state index in [-0.39, 0.29) is 31.7 Å². The third kappa shape index (κ3) is 4.49. The van der Waals surface area contributed by atoms with Gasteiger partial charge in [-0.3, -0.25) is 9.59 Å². The summed E-state index contributed by atoms with van der Waals surface area (Å²) in [5, 5.41) is 2.93. The largest absolute Gasteiger partial charge is 0.454 e. The summed E-state index contributed by atoms with van der Waals surface area (Å²) in [6.07, 6.45) is -2.35. The summed E-state index contributed by atoms with van der Waals surface area (Å²) in [5.74, 6) is -0.225. The topological polar surface area (TPSA) is 67.9 Å². The lowest BCUT2D eigenvalue weighted by Crippen LogP contribution is -2.36. The van der Waals surface area contributed by atoms with Crippen LogP contribution in [0.15, 0.2) is 42.5 Å². The van der Waals surface area contributed by atoms with Gasteiger partial charge < -0.3 is 19.7 Å². The SMILES string of the molecule is O=C(NCC1CC1)[C@H]1CN(C(=O)c2ccc3c(c2)OCO3)C[C@H]1c1cccc(C(F)(F)F)c1. The van der Waals surface area contributed by atoms with E-state index in [4.69, 9.17) is 9.47 Å². The van der Waals surface area contributed by atoms with E-state index in [1.54, 1.807) is 24.3 Å². The molecule has 1 aliphatic carbocycles. The minimum atomic E-state index is -4.49. The molecule has 3 aliphatic rings. The number of carbonyl (C=O) groups excluding carboxylic acids is 2. The van der Waals surface area contributed by atoms with Crippen LogP contribution in [-0.2, 0) is 11.0 Å². The number of hydrogen-bond acceptors (Lipinski definition) is 4. The van der Waals surface area contributed by atoms with Gasteiger partial charge in [-0.1, -0.05) is 18.2 Å². The van der Waals surface area contributed by atoms with Crippen LogP contribution in [0.4, 0.5) is 13.2 Å². The summed E-state index contributed by atoms with van der Waals surface area (Å²) in [7, 11) is 0. The molecule has 0 radical (unpaired) electrons. The summed E-state index contributed by atoms with van der Waals surface area (Å²) >= 11 is 0. The molecule has 2 fully saturated rings. The monoisotopic (exact) mass is 460 g/mol. The minimum absolute atomic E-state index is 0.0809. The Morgan fingerprint density at radius 2 is 1.82 bits per heavy atom. The normalized spacial score (nSPS) is 21.8. The van der Waals surface area contributed by atoms with E-state index >= 15 is 0 Å². The summed E-state index contributed by atoms with van der Waals surface area (Å²) in [6.45, 7) is 0.916. The molecule has 9 heteroatoms. The molecule has 1 N–H and O–H groups in total. The lowest BCUT2D eigenvalue weighted by molar-refractivity contribution is -0.137. The number of rotatable bonds is 5. The molecule has 0 aromatic heterocycles. The van der Waals surface area contributed by atoms with Gasteiger partial charge in [0, 0.05) is 31.1 Å². The fourth-order valence-corrected chi connectivity index (χ4v) is 4.43. The number of benzene rings is 2. The molecule has 2 aliphatic heterocycles. The third-order valence-corrected chi connectivity index (χ3v) is 6.47. The van der Waals surface area contributed by atoms with E-state index in [9.17, 15) is 22.8 Å². The zero-order valence-electron chi connectivity index (χ0n) is 17.7. The van der Waals surface area contributed by atoms with Crippen molar-refractivity contribution in [3.8, 4) is 11.5 Å². The van der Waals surface area contributed by atoms with Crippen molar-refractivity contribution in [2.75, 3.05) is 26.4 Å². The highest BCUT2D eigenvalue weighted by molar-refractivity contribution is 5.96. The molecule has 174 valence electrons. The van der Waals surface area contributed by atoms with E-state index in [0.717, 1.165) is 25.0 Å². The molecule has 1 saturated carbocycles. The van der Waals surface area contributed by atoms with Crippen LogP contribution in [0.1, 0.15) is 40.2 Å². The Balaban J connectivity index is 1.40. The summed E-state index contributed by atoms with van der Waals surface area (Å²) in [4.78, 5) is 27.7. The van der Waals surface area contributed by atoms with Crippen molar-refractivity contribution in [1.29, 1.82) is 0 Å². The Labute approximate surface area is 188 Å². The molecule has 0 unspecified atom stereocenters. The Morgan fingerprint density at radius 1 is 1.03 bits per heavy atom. The number of carbonyl (C=O) groups is 2. The fraction of sp³-hybridized carbons (Fsp3) is 0.417. The van der Waals surface area contributed by atoms with Crippen LogP contribution in [0.3, 0.4) is 0 Å². The third-order valence-electron chi connectivity index (χ3n) is 6.47. The van der Waals surface area contributed by atoms with Crippen LogP contribution < -0.4 is 14.8 Å². The van der Waals surface area contributed by atoms with E-state index < -0.39 is 23.6 Å². The summed E-state index contributed by atoms with van der Waals surface area (Å²) < 4.78 is 50.5. The molecule has 33 heavy (non-hydrogen) atoms. The average molecular weight is 460 g/mol. The fourth-order valence-electron chi connectivity index (χ4n) is 4.43. The van der Waals surface area contributed by atoms with Crippen LogP contribution in [0, 0.1) is 11.8 Å². The van der Waals surface area contributed by atoms with Crippen LogP contribution >= 0.6 is 0 Å². The second kappa shape index (κ2) is 8.28. The Hall–Kier alpha value is -3.23. The van der Waals surface area contributed by atoms with E-state index in [0.29, 0.717) is 35.1 Å². The molecule has 2 aromatic rings. The van der Waals surface area contributed by atoms with Gasteiger partial charge >= 0.3 is 6.18 Å². The molecule has 2 atom stereocenters. The van der Waals surface area contributed by atoms with Gasteiger partial charge in [0.05, 0.1) is 11.5 Å². The highest BCUT2D eigenvalue weighted by Crippen LogP contribution is 2.38. The van der Waals surface area contributed by atoms with Gasteiger partial charge in [0.2, 0.25) is 12.7 Å². The van der Waals surface area contributed by atoms with Crippen molar-refractivity contribution in [1.82, 2.24) is 10.2 Å².